The van der Waals surface area contributed by atoms with Gasteiger partial charge in [0.15, 0.2) is 0 Å². The number of amides is 2. The van der Waals surface area contributed by atoms with Crippen molar-refractivity contribution in [3.05, 3.63) is 101 Å². The topological polar surface area (TPSA) is 49.4 Å². The molecule has 4 rings (SSSR count). The highest BCUT2D eigenvalue weighted by molar-refractivity contribution is 5.96. The monoisotopic (exact) mass is 430 g/mol. The Hall–Kier alpha value is -3.47. The molecule has 1 N–H and O–H groups in total. The fraction of sp³-hybridized carbons (Fsp3) is 0.259. The van der Waals surface area contributed by atoms with Crippen LogP contribution in [-0.2, 0) is 22.6 Å². The molecule has 164 valence electrons. The molecule has 1 aliphatic carbocycles. The number of hydrogen-bond donors (Lipinski definition) is 1. The molecule has 2 amide bonds. The highest BCUT2D eigenvalue weighted by Crippen LogP contribution is 2.34. The molecule has 3 aromatic carbocycles. The molecule has 0 aromatic heterocycles. The van der Waals surface area contributed by atoms with Crippen molar-refractivity contribution in [1.29, 1.82) is 0 Å². The minimum absolute atomic E-state index is 0.0501. The Balaban J connectivity index is 1.48. The van der Waals surface area contributed by atoms with Gasteiger partial charge in [-0.2, -0.15) is 0 Å². The van der Waals surface area contributed by atoms with Gasteiger partial charge in [0, 0.05) is 11.6 Å². The normalized spacial score (nSPS) is 13.9. The number of rotatable bonds is 8. The van der Waals surface area contributed by atoms with E-state index in [0.29, 0.717) is 6.54 Å². The maximum absolute atomic E-state index is 13.3. The summed E-state index contributed by atoms with van der Waals surface area (Å²) >= 11 is 0. The van der Waals surface area contributed by atoms with Gasteiger partial charge in [0.05, 0.1) is 19.0 Å². The predicted octanol–water partition coefficient (Wildman–Crippen LogP) is 5.19. The van der Waals surface area contributed by atoms with Crippen LogP contribution in [0.5, 0.6) is 0 Å². The quantitative estimate of drug-likeness (QED) is 0.535. The van der Waals surface area contributed by atoms with Gasteiger partial charge in [0.1, 0.15) is 5.82 Å². The first-order valence-corrected chi connectivity index (χ1v) is 11.0. The number of benzene rings is 3. The van der Waals surface area contributed by atoms with Crippen LogP contribution in [0.15, 0.2) is 78.9 Å². The van der Waals surface area contributed by atoms with Crippen LogP contribution in [0.2, 0.25) is 0 Å². The van der Waals surface area contributed by atoms with Gasteiger partial charge in [-0.15, -0.1) is 0 Å². The zero-order chi connectivity index (χ0) is 22.5. The summed E-state index contributed by atoms with van der Waals surface area (Å²) in [6, 6.07) is 23.5. The molecule has 1 unspecified atom stereocenters. The van der Waals surface area contributed by atoms with E-state index in [1.165, 1.54) is 12.1 Å². The molecule has 1 fully saturated rings. The fourth-order valence-electron chi connectivity index (χ4n) is 3.76. The summed E-state index contributed by atoms with van der Waals surface area (Å²) in [6.07, 6.45) is 2.03. The Kier molecular flexibility index (Phi) is 6.64. The lowest BCUT2D eigenvalue weighted by atomic mass is 10.1. The van der Waals surface area contributed by atoms with Gasteiger partial charge in [-0.1, -0.05) is 54.6 Å². The van der Waals surface area contributed by atoms with Crippen LogP contribution in [0.4, 0.5) is 10.1 Å². The third kappa shape index (κ3) is 5.61. The summed E-state index contributed by atoms with van der Waals surface area (Å²) in [6.45, 7) is 2.33. The molecule has 0 heterocycles. The number of carbonyl (C=O) groups is 2. The number of carbonyl (C=O) groups excluding carboxylic acids is 2. The maximum atomic E-state index is 13.3. The highest BCUT2D eigenvalue weighted by atomic mass is 19.1. The molecule has 32 heavy (non-hydrogen) atoms. The van der Waals surface area contributed by atoms with Gasteiger partial charge < -0.3 is 10.2 Å². The van der Waals surface area contributed by atoms with Crippen LogP contribution >= 0.6 is 0 Å². The van der Waals surface area contributed by atoms with Crippen molar-refractivity contribution in [1.82, 2.24) is 5.32 Å². The van der Waals surface area contributed by atoms with Crippen LogP contribution < -0.4 is 10.2 Å². The van der Waals surface area contributed by atoms with Crippen molar-refractivity contribution in [3.63, 3.8) is 0 Å². The van der Waals surface area contributed by atoms with Crippen molar-refractivity contribution in [2.24, 2.45) is 5.92 Å². The number of anilines is 1. The zero-order valence-electron chi connectivity index (χ0n) is 18.1. The molecular formula is C27H27FN2O2. The number of halogens is 1. The molecule has 4 nitrogen and oxygen atoms in total. The molecule has 0 aliphatic heterocycles. The lowest BCUT2D eigenvalue weighted by Crippen LogP contribution is -2.32. The lowest BCUT2D eigenvalue weighted by molar-refractivity contribution is -0.121. The number of hydrogen-bond acceptors (Lipinski definition) is 2. The molecule has 0 spiro atoms. The molecule has 0 saturated heterocycles. The molecule has 0 radical (unpaired) electrons. The van der Waals surface area contributed by atoms with Crippen LogP contribution in [0, 0.1) is 11.7 Å². The summed E-state index contributed by atoms with van der Waals surface area (Å²) in [4.78, 5) is 27.4. The Morgan fingerprint density at radius 3 is 2.38 bits per heavy atom. The standard InChI is InChI=1S/C27H27FN2O2/c1-19(22-7-3-2-4-8-22)29-26(31)17-21-6-5-9-25(16-21)30(27(32)23-12-13-23)18-20-10-14-24(28)15-11-20/h2-11,14-16,19,23H,12-13,17-18H2,1H3,(H,29,31). The largest absolute Gasteiger partial charge is 0.349 e. The number of nitrogens with zero attached hydrogens (tertiary/aromatic N) is 1. The van der Waals surface area contributed by atoms with Crippen LogP contribution in [0.25, 0.3) is 0 Å². The van der Waals surface area contributed by atoms with Crippen LogP contribution in [0.1, 0.15) is 42.5 Å². The van der Waals surface area contributed by atoms with Crippen LogP contribution in [0.3, 0.4) is 0 Å². The Labute approximate surface area is 188 Å². The first kappa shape index (κ1) is 21.8. The highest BCUT2D eigenvalue weighted by Gasteiger charge is 2.34. The van der Waals surface area contributed by atoms with E-state index in [2.05, 4.69) is 5.32 Å². The van der Waals surface area contributed by atoms with E-state index >= 15 is 0 Å². The van der Waals surface area contributed by atoms with E-state index in [1.807, 2.05) is 61.5 Å². The lowest BCUT2D eigenvalue weighted by Gasteiger charge is -2.24. The van der Waals surface area contributed by atoms with Crippen molar-refractivity contribution >= 4 is 17.5 Å². The van der Waals surface area contributed by atoms with Crippen molar-refractivity contribution < 1.29 is 14.0 Å². The van der Waals surface area contributed by atoms with Gasteiger partial charge in [0.2, 0.25) is 11.8 Å². The Bertz CT molecular complexity index is 1080. The molecule has 3 aromatic rings. The number of nitrogens with one attached hydrogen (secondary N) is 1. The summed E-state index contributed by atoms with van der Waals surface area (Å²) in [7, 11) is 0. The molecule has 1 aliphatic rings. The van der Waals surface area contributed by atoms with Crippen molar-refractivity contribution in [2.75, 3.05) is 4.90 Å². The average Bonchev–Trinajstić information content (AvgIpc) is 3.64. The van der Waals surface area contributed by atoms with E-state index in [0.717, 1.165) is 35.2 Å². The molecule has 1 saturated carbocycles. The zero-order valence-corrected chi connectivity index (χ0v) is 18.1. The van der Waals surface area contributed by atoms with E-state index in [9.17, 15) is 14.0 Å². The third-order valence-corrected chi connectivity index (χ3v) is 5.71. The molecule has 5 heteroatoms. The fourth-order valence-corrected chi connectivity index (χ4v) is 3.76. The smallest absolute Gasteiger partial charge is 0.230 e. The molecule has 0 bridgehead atoms. The van der Waals surface area contributed by atoms with Gasteiger partial charge in [-0.3, -0.25) is 9.59 Å². The van der Waals surface area contributed by atoms with E-state index in [1.54, 1.807) is 17.0 Å². The molecular weight excluding hydrogens is 403 g/mol. The minimum Gasteiger partial charge on any atom is -0.349 e. The predicted molar refractivity (Wildman–Crippen MR) is 123 cm³/mol. The SMILES string of the molecule is CC(NC(=O)Cc1cccc(N(Cc2ccc(F)cc2)C(=O)C2CC2)c1)c1ccccc1. The molecule has 1 atom stereocenters. The maximum Gasteiger partial charge on any atom is 0.230 e. The van der Waals surface area contributed by atoms with Gasteiger partial charge in [0.25, 0.3) is 0 Å². The van der Waals surface area contributed by atoms with Gasteiger partial charge in [-0.25, -0.2) is 4.39 Å². The second-order valence-electron chi connectivity index (χ2n) is 8.37. The van der Waals surface area contributed by atoms with E-state index in [-0.39, 0.29) is 36.0 Å². The van der Waals surface area contributed by atoms with E-state index in [4.69, 9.17) is 0 Å². The summed E-state index contributed by atoms with van der Waals surface area (Å²) < 4.78 is 13.3. The second kappa shape index (κ2) is 9.77. The summed E-state index contributed by atoms with van der Waals surface area (Å²) in [5, 5.41) is 3.03. The summed E-state index contributed by atoms with van der Waals surface area (Å²) in [5.41, 5.74) is 3.51. The Morgan fingerprint density at radius 2 is 1.69 bits per heavy atom. The van der Waals surface area contributed by atoms with Gasteiger partial charge >= 0.3 is 0 Å². The van der Waals surface area contributed by atoms with E-state index < -0.39 is 0 Å². The van der Waals surface area contributed by atoms with Crippen LogP contribution in [-0.4, -0.2) is 11.8 Å². The van der Waals surface area contributed by atoms with Crippen molar-refractivity contribution in [2.45, 2.75) is 38.8 Å². The Morgan fingerprint density at radius 1 is 0.969 bits per heavy atom. The van der Waals surface area contributed by atoms with Crippen molar-refractivity contribution in [3.8, 4) is 0 Å². The summed E-state index contributed by atoms with van der Waals surface area (Å²) in [5.74, 6) is -0.244. The average molecular weight is 431 g/mol. The first-order valence-electron chi connectivity index (χ1n) is 11.0. The first-order chi connectivity index (χ1) is 15.5. The van der Waals surface area contributed by atoms with Gasteiger partial charge in [-0.05, 0) is 60.7 Å². The second-order valence-corrected chi connectivity index (χ2v) is 8.37. The minimum atomic E-state index is -0.299. The third-order valence-electron chi connectivity index (χ3n) is 5.71.